The zero-order chi connectivity index (χ0) is 15.5. The molecule has 1 aromatic rings. The first-order valence-electron chi connectivity index (χ1n) is 8.36. The first kappa shape index (κ1) is 15.1. The zero-order valence-corrected chi connectivity index (χ0v) is 13.2. The fourth-order valence-electron chi connectivity index (χ4n) is 3.56. The number of nitrogens with zero attached hydrogens (tertiary/aromatic N) is 1. The Balaban J connectivity index is 1.62. The van der Waals surface area contributed by atoms with Gasteiger partial charge < -0.3 is 10.2 Å². The first-order chi connectivity index (χ1) is 10.7. The minimum atomic E-state index is -0.458. The number of anilines is 1. The van der Waals surface area contributed by atoms with Crippen LogP contribution in [-0.4, -0.2) is 24.4 Å². The van der Waals surface area contributed by atoms with Crippen molar-refractivity contribution >= 4 is 17.5 Å². The maximum absolute atomic E-state index is 12.6. The second-order valence-corrected chi connectivity index (χ2v) is 6.43. The number of hydrogen-bond acceptors (Lipinski definition) is 2. The van der Waals surface area contributed by atoms with E-state index in [-0.39, 0.29) is 17.7 Å². The van der Waals surface area contributed by atoms with E-state index in [1.807, 2.05) is 18.2 Å². The monoisotopic (exact) mass is 300 g/mol. The van der Waals surface area contributed by atoms with Gasteiger partial charge in [-0.25, -0.2) is 0 Å². The van der Waals surface area contributed by atoms with Gasteiger partial charge in [-0.05, 0) is 37.8 Å². The van der Waals surface area contributed by atoms with Crippen LogP contribution in [0.5, 0.6) is 0 Å². The second-order valence-electron chi connectivity index (χ2n) is 6.43. The highest BCUT2D eigenvalue weighted by molar-refractivity contribution is 6.00. The Bertz CT molecular complexity index is 564. The minimum Gasteiger partial charge on any atom is -0.344 e. The Morgan fingerprint density at radius 2 is 1.91 bits per heavy atom. The number of carbonyl (C=O) groups is 2. The van der Waals surface area contributed by atoms with Gasteiger partial charge in [-0.3, -0.25) is 9.59 Å². The average molecular weight is 300 g/mol. The fraction of sp³-hybridized carbons (Fsp3) is 0.556. The number of amides is 2. The topological polar surface area (TPSA) is 49.4 Å². The molecule has 1 atom stereocenters. The molecule has 0 unspecified atom stereocenters. The van der Waals surface area contributed by atoms with Crippen LogP contribution in [0.25, 0.3) is 0 Å². The molecule has 0 radical (unpaired) electrons. The van der Waals surface area contributed by atoms with Crippen LogP contribution in [0.15, 0.2) is 24.3 Å². The lowest BCUT2D eigenvalue weighted by Gasteiger charge is -2.25. The molecule has 3 rings (SSSR count). The molecule has 1 saturated carbocycles. The van der Waals surface area contributed by atoms with Crippen LogP contribution < -0.4 is 10.2 Å². The predicted octanol–water partition coefficient (Wildman–Crippen LogP) is 2.66. The molecule has 4 nitrogen and oxygen atoms in total. The fourth-order valence-corrected chi connectivity index (χ4v) is 3.56. The third-order valence-corrected chi connectivity index (χ3v) is 4.86. The van der Waals surface area contributed by atoms with Gasteiger partial charge in [0.1, 0.15) is 6.04 Å². The van der Waals surface area contributed by atoms with Crippen molar-refractivity contribution in [3.63, 3.8) is 0 Å². The predicted molar refractivity (Wildman–Crippen MR) is 86.7 cm³/mol. The Hall–Kier alpha value is -1.84. The van der Waals surface area contributed by atoms with E-state index in [2.05, 4.69) is 11.4 Å². The molecule has 1 aromatic carbocycles. The molecule has 1 aliphatic carbocycles. The van der Waals surface area contributed by atoms with E-state index < -0.39 is 6.04 Å². The van der Waals surface area contributed by atoms with E-state index in [1.165, 1.54) is 12.0 Å². The molecule has 22 heavy (non-hydrogen) atoms. The second kappa shape index (κ2) is 6.51. The van der Waals surface area contributed by atoms with Crippen LogP contribution in [0.2, 0.25) is 0 Å². The smallest absolute Gasteiger partial charge is 0.249 e. The number of rotatable bonds is 3. The molecule has 118 valence electrons. The lowest BCUT2D eigenvalue weighted by molar-refractivity contribution is -0.130. The van der Waals surface area contributed by atoms with Crippen molar-refractivity contribution in [2.24, 2.45) is 5.92 Å². The summed E-state index contributed by atoms with van der Waals surface area (Å²) in [5, 5.41) is 2.93. The molecule has 1 aliphatic heterocycles. The number of benzene rings is 1. The Morgan fingerprint density at radius 1 is 1.18 bits per heavy atom. The van der Waals surface area contributed by atoms with E-state index >= 15 is 0 Å². The highest BCUT2D eigenvalue weighted by atomic mass is 16.2. The Kier molecular flexibility index (Phi) is 4.46. The van der Waals surface area contributed by atoms with Crippen LogP contribution >= 0.6 is 0 Å². The van der Waals surface area contributed by atoms with Gasteiger partial charge in [0, 0.05) is 18.2 Å². The summed E-state index contributed by atoms with van der Waals surface area (Å²) >= 11 is 0. The number of fused-ring (bicyclic) bond motifs is 1. The zero-order valence-electron chi connectivity index (χ0n) is 13.2. The summed E-state index contributed by atoms with van der Waals surface area (Å²) in [6.07, 6.45) is 6.28. The van der Waals surface area contributed by atoms with Crippen LogP contribution in [0.4, 0.5) is 5.69 Å². The highest BCUT2D eigenvalue weighted by Crippen LogP contribution is 2.28. The van der Waals surface area contributed by atoms with Crippen molar-refractivity contribution in [2.75, 3.05) is 11.4 Å². The van der Waals surface area contributed by atoms with Crippen molar-refractivity contribution in [1.29, 1.82) is 0 Å². The van der Waals surface area contributed by atoms with Crippen molar-refractivity contribution in [1.82, 2.24) is 5.32 Å². The standard InChI is InChI=1S/C18H24N2O2/c1-13(19-17(21)15-8-3-2-4-9-15)18(22)20-12-11-14-7-5-6-10-16(14)20/h5-7,10,13,15H,2-4,8-9,11-12H2,1H3,(H,19,21)/t13-/m0/s1. The average Bonchev–Trinajstić information content (AvgIpc) is 2.99. The van der Waals surface area contributed by atoms with Gasteiger partial charge in [0.05, 0.1) is 0 Å². The molecule has 0 spiro atoms. The van der Waals surface area contributed by atoms with E-state index in [0.717, 1.165) is 37.8 Å². The maximum Gasteiger partial charge on any atom is 0.249 e. The molecule has 0 saturated heterocycles. The third-order valence-electron chi connectivity index (χ3n) is 4.86. The molecular weight excluding hydrogens is 276 g/mol. The van der Waals surface area contributed by atoms with Crippen molar-refractivity contribution in [2.45, 2.75) is 51.5 Å². The SMILES string of the molecule is C[C@H](NC(=O)C1CCCCC1)C(=O)N1CCc2ccccc21. The van der Waals surface area contributed by atoms with Crippen LogP contribution in [0.1, 0.15) is 44.6 Å². The van der Waals surface area contributed by atoms with Crippen LogP contribution in [0, 0.1) is 5.92 Å². The van der Waals surface area contributed by atoms with Gasteiger partial charge in [-0.2, -0.15) is 0 Å². The lowest BCUT2D eigenvalue weighted by Crippen LogP contribution is -2.48. The van der Waals surface area contributed by atoms with E-state index in [4.69, 9.17) is 0 Å². The van der Waals surface area contributed by atoms with Crippen molar-refractivity contribution in [3.8, 4) is 0 Å². The molecule has 1 heterocycles. The van der Waals surface area contributed by atoms with E-state index in [0.29, 0.717) is 6.54 Å². The number of para-hydroxylation sites is 1. The van der Waals surface area contributed by atoms with Gasteiger partial charge in [0.15, 0.2) is 0 Å². The lowest BCUT2D eigenvalue weighted by atomic mass is 9.88. The number of hydrogen-bond donors (Lipinski definition) is 1. The molecule has 2 aliphatic rings. The minimum absolute atomic E-state index is 0.00545. The molecule has 4 heteroatoms. The van der Waals surface area contributed by atoms with E-state index in [9.17, 15) is 9.59 Å². The summed E-state index contributed by atoms with van der Waals surface area (Å²) in [5.41, 5.74) is 2.20. The molecule has 0 bridgehead atoms. The number of carbonyl (C=O) groups excluding carboxylic acids is 2. The van der Waals surface area contributed by atoms with Crippen LogP contribution in [-0.2, 0) is 16.0 Å². The van der Waals surface area contributed by atoms with Gasteiger partial charge in [0.25, 0.3) is 0 Å². The molecule has 0 aromatic heterocycles. The summed E-state index contributed by atoms with van der Waals surface area (Å²) in [7, 11) is 0. The summed E-state index contributed by atoms with van der Waals surface area (Å²) < 4.78 is 0. The summed E-state index contributed by atoms with van der Waals surface area (Å²) in [6.45, 7) is 2.51. The summed E-state index contributed by atoms with van der Waals surface area (Å²) in [5.74, 6) is 0.136. The van der Waals surface area contributed by atoms with Crippen molar-refractivity contribution in [3.05, 3.63) is 29.8 Å². The molecule has 1 N–H and O–H groups in total. The van der Waals surface area contributed by atoms with Gasteiger partial charge >= 0.3 is 0 Å². The third kappa shape index (κ3) is 3.01. The highest BCUT2D eigenvalue weighted by Gasteiger charge is 2.30. The largest absolute Gasteiger partial charge is 0.344 e. The van der Waals surface area contributed by atoms with Gasteiger partial charge in [-0.15, -0.1) is 0 Å². The normalized spacial score (nSPS) is 19.6. The summed E-state index contributed by atoms with van der Waals surface area (Å²) in [4.78, 5) is 26.7. The summed E-state index contributed by atoms with van der Waals surface area (Å²) in [6, 6.07) is 7.54. The number of nitrogens with one attached hydrogen (secondary N) is 1. The Labute approximate surface area is 131 Å². The van der Waals surface area contributed by atoms with Gasteiger partial charge in [-0.1, -0.05) is 37.5 Å². The first-order valence-corrected chi connectivity index (χ1v) is 8.36. The maximum atomic E-state index is 12.6. The van der Waals surface area contributed by atoms with E-state index in [1.54, 1.807) is 11.8 Å². The van der Waals surface area contributed by atoms with Crippen LogP contribution in [0.3, 0.4) is 0 Å². The van der Waals surface area contributed by atoms with Crippen molar-refractivity contribution < 1.29 is 9.59 Å². The quantitative estimate of drug-likeness (QED) is 0.933. The Morgan fingerprint density at radius 3 is 2.68 bits per heavy atom. The molecule has 2 amide bonds. The van der Waals surface area contributed by atoms with Gasteiger partial charge in [0.2, 0.25) is 11.8 Å². The molecule has 1 fully saturated rings. The molecular formula is C18H24N2O2.